The Morgan fingerprint density at radius 2 is 1.34 bits per heavy atom. The third-order valence-corrected chi connectivity index (χ3v) is 5.80. The predicted molar refractivity (Wildman–Crippen MR) is 137 cm³/mol. The highest BCUT2D eigenvalue weighted by Crippen LogP contribution is 2.25. The minimum Gasteiger partial charge on any atom is -0.493 e. The number of carbonyl (C=O) groups is 2. The minimum atomic E-state index is -0.114. The van der Waals surface area contributed by atoms with E-state index in [1.165, 1.54) is 83.8 Å². The summed E-state index contributed by atoms with van der Waals surface area (Å²) in [5, 5.41) is 0. The van der Waals surface area contributed by atoms with Gasteiger partial charge in [-0.15, -0.1) is 12.4 Å². The first-order valence-electron chi connectivity index (χ1n) is 12.4. The summed E-state index contributed by atoms with van der Waals surface area (Å²) in [6.07, 6.45) is 22.9. The van der Waals surface area contributed by atoms with Crippen molar-refractivity contribution < 1.29 is 14.3 Å². The van der Waals surface area contributed by atoms with Gasteiger partial charge in [0.15, 0.2) is 11.5 Å². The largest absolute Gasteiger partial charge is 0.493 e. The lowest BCUT2D eigenvalue weighted by Gasteiger charge is -2.21. The van der Waals surface area contributed by atoms with Gasteiger partial charge in [0.05, 0.1) is 7.11 Å². The monoisotopic (exact) mass is 467 g/mol. The van der Waals surface area contributed by atoms with E-state index in [4.69, 9.17) is 4.74 Å². The molecular weight excluding hydrogens is 422 g/mol. The SMILES string of the molecule is CCCCCC/C=C/CCCCCCCCCC1=C(CN(C)C)C(=O)C=C(OC)C1=O.Cl. The van der Waals surface area contributed by atoms with E-state index in [0.29, 0.717) is 24.1 Å². The number of likely N-dealkylation sites (N-methyl/N-ethyl adjacent to an activating group) is 1. The summed E-state index contributed by atoms with van der Waals surface area (Å²) in [5.74, 6) is -0.0231. The van der Waals surface area contributed by atoms with Crippen LogP contribution in [0.15, 0.2) is 35.1 Å². The Hall–Kier alpha value is -1.39. The second-order valence-electron chi connectivity index (χ2n) is 8.94. The van der Waals surface area contributed by atoms with E-state index in [0.717, 1.165) is 12.8 Å². The number of nitrogens with zero attached hydrogens (tertiary/aromatic N) is 1. The summed E-state index contributed by atoms with van der Waals surface area (Å²) in [6.45, 7) is 2.76. The number of unbranched alkanes of at least 4 members (excludes halogenated alkanes) is 11. The minimum absolute atomic E-state index is 0. The standard InChI is InChI=1S/C27H45NO3.ClH/c1-5-6-7-8-9-10-11-12-13-14-15-16-17-18-19-20-23-24(22-28(2)3)25(29)21-26(31-4)27(23)30;/h10-11,21H,5-9,12-20,22H2,1-4H3;1H/b11-10+;. The Labute approximate surface area is 203 Å². The van der Waals surface area contributed by atoms with Crippen molar-refractivity contribution in [2.75, 3.05) is 27.7 Å². The van der Waals surface area contributed by atoms with Crippen molar-refractivity contribution >= 4 is 24.0 Å². The molecule has 0 unspecified atom stereocenters. The number of hydrogen-bond acceptors (Lipinski definition) is 4. The lowest BCUT2D eigenvalue weighted by Crippen LogP contribution is -2.27. The Balaban J connectivity index is 0.00000961. The molecule has 0 aliphatic heterocycles. The van der Waals surface area contributed by atoms with Gasteiger partial charge in [0.1, 0.15) is 0 Å². The van der Waals surface area contributed by atoms with Crippen molar-refractivity contribution in [2.24, 2.45) is 0 Å². The van der Waals surface area contributed by atoms with Crippen LogP contribution in [0.2, 0.25) is 0 Å². The highest BCUT2D eigenvalue weighted by atomic mass is 35.5. The molecule has 0 atom stereocenters. The van der Waals surface area contributed by atoms with Crippen molar-refractivity contribution in [3.63, 3.8) is 0 Å². The molecule has 1 aliphatic carbocycles. The van der Waals surface area contributed by atoms with Gasteiger partial charge < -0.3 is 9.64 Å². The molecule has 0 bridgehead atoms. The van der Waals surface area contributed by atoms with Crippen molar-refractivity contribution in [1.29, 1.82) is 0 Å². The highest BCUT2D eigenvalue weighted by Gasteiger charge is 2.28. The van der Waals surface area contributed by atoms with Crippen LogP contribution in [-0.2, 0) is 14.3 Å². The van der Waals surface area contributed by atoms with Crippen LogP contribution >= 0.6 is 12.4 Å². The van der Waals surface area contributed by atoms with Gasteiger partial charge in [-0.2, -0.15) is 0 Å². The van der Waals surface area contributed by atoms with E-state index in [1.807, 2.05) is 19.0 Å². The van der Waals surface area contributed by atoms with Crippen LogP contribution < -0.4 is 0 Å². The molecule has 184 valence electrons. The fourth-order valence-corrected chi connectivity index (χ4v) is 3.98. The molecule has 5 heteroatoms. The van der Waals surface area contributed by atoms with Gasteiger partial charge in [-0.25, -0.2) is 0 Å². The number of hydrogen-bond donors (Lipinski definition) is 0. The molecule has 0 heterocycles. The average molecular weight is 468 g/mol. The molecule has 0 aromatic carbocycles. The number of methoxy groups -OCH3 is 1. The predicted octanol–water partition coefficient (Wildman–Crippen LogP) is 6.99. The second kappa shape index (κ2) is 19.1. The molecule has 0 saturated heterocycles. The van der Waals surface area contributed by atoms with Gasteiger partial charge in [-0.1, -0.05) is 70.4 Å². The first-order chi connectivity index (χ1) is 15.0. The van der Waals surface area contributed by atoms with E-state index in [1.54, 1.807) is 0 Å². The van der Waals surface area contributed by atoms with Crippen molar-refractivity contribution in [3.8, 4) is 0 Å². The average Bonchev–Trinajstić information content (AvgIpc) is 2.74. The summed E-state index contributed by atoms with van der Waals surface area (Å²) in [6, 6.07) is 0. The molecule has 0 aromatic rings. The van der Waals surface area contributed by atoms with Crippen molar-refractivity contribution in [2.45, 2.75) is 96.8 Å². The molecule has 1 rings (SSSR count). The van der Waals surface area contributed by atoms with Crippen LogP contribution in [-0.4, -0.2) is 44.2 Å². The maximum absolute atomic E-state index is 12.6. The number of rotatable bonds is 18. The Bertz CT molecular complexity index is 635. The number of ether oxygens (including phenoxy) is 1. The third kappa shape index (κ3) is 12.6. The first kappa shape index (κ1) is 30.6. The summed E-state index contributed by atoms with van der Waals surface area (Å²) >= 11 is 0. The summed E-state index contributed by atoms with van der Waals surface area (Å²) in [7, 11) is 5.29. The zero-order valence-electron chi connectivity index (χ0n) is 20.9. The third-order valence-electron chi connectivity index (χ3n) is 5.80. The highest BCUT2D eigenvalue weighted by molar-refractivity contribution is 6.22. The fourth-order valence-electron chi connectivity index (χ4n) is 3.98. The fraction of sp³-hybridized carbons (Fsp3) is 0.704. The van der Waals surface area contributed by atoms with E-state index in [9.17, 15) is 9.59 Å². The van der Waals surface area contributed by atoms with Crippen LogP contribution in [0.1, 0.15) is 96.8 Å². The van der Waals surface area contributed by atoms with E-state index >= 15 is 0 Å². The quantitative estimate of drug-likeness (QED) is 0.124. The lowest BCUT2D eigenvalue weighted by molar-refractivity contribution is -0.118. The van der Waals surface area contributed by atoms with Gasteiger partial charge in [-0.3, -0.25) is 9.59 Å². The van der Waals surface area contributed by atoms with Crippen molar-refractivity contribution in [1.82, 2.24) is 4.90 Å². The Morgan fingerprint density at radius 3 is 1.88 bits per heavy atom. The number of ketones is 2. The number of Topliss-reactive ketones (excluding diaryl/α,β-unsaturated/α-hetero) is 1. The zero-order chi connectivity index (χ0) is 22.9. The van der Waals surface area contributed by atoms with Gasteiger partial charge in [0.25, 0.3) is 0 Å². The number of carbonyl (C=O) groups excluding carboxylic acids is 2. The molecule has 0 saturated carbocycles. The second-order valence-corrected chi connectivity index (χ2v) is 8.94. The molecule has 32 heavy (non-hydrogen) atoms. The van der Waals surface area contributed by atoms with E-state index in [2.05, 4.69) is 19.1 Å². The summed E-state index contributed by atoms with van der Waals surface area (Å²) in [5.41, 5.74) is 1.29. The van der Waals surface area contributed by atoms with Crippen LogP contribution in [0.3, 0.4) is 0 Å². The van der Waals surface area contributed by atoms with Gasteiger partial charge in [0.2, 0.25) is 5.78 Å². The van der Waals surface area contributed by atoms with Crippen LogP contribution in [0, 0.1) is 0 Å². The molecule has 4 nitrogen and oxygen atoms in total. The molecule has 0 N–H and O–H groups in total. The Morgan fingerprint density at radius 1 is 0.812 bits per heavy atom. The maximum atomic E-state index is 12.6. The molecule has 0 aromatic heterocycles. The van der Waals surface area contributed by atoms with Crippen LogP contribution in [0.4, 0.5) is 0 Å². The van der Waals surface area contributed by atoms with Crippen LogP contribution in [0.5, 0.6) is 0 Å². The summed E-state index contributed by atoms with van der Waals surface area (Å²) < 4.78 is 5.12. The normalized spacial score (nSPS) is 14.3. The molecule has 1 aliphatic rings. The zero-order valence-corrected chi connectivity index (χ0v) is 21.7. The van der Waals surface area contributed by atoms with Crippen molar-refractivity contribution in [3.05, 3.63) is 35.1 Å². The van der Waals surface area contributed by atoms with E-state index < -0.39 is 0 Å². The molecule has 0 fully saturated rings. The smallest absolute Gasteiger partial charge is 0.224 e. The molecule has 0 amide bonds. The van der Waals surface area contributed by atoms with E-state index in [-0.39, 0.29) is 29.7 Å². The Kier molecular flexibility index (Phi) is 18.3. The van der Waals surface area contributed by atoms with Gasteiger partial charge in [-0.05, 0) is 52.6 Å². The number of halogens is 1. The van der Waals surface area contributed by atoms with Crippen LogP contribution in [0.25, 0.3) is 0 Å². The molecule has 0 spiro atoms. The number of allylic oxidation sites excluding steroid dienone is 4. The maximum Gasteiger partial charge on any atom is 0.224 e. The topological polar surface area (TPSA) is 46.6 Å². The summed E-state index contributed by atoms with van der Waals surface area (Å²) in [4.78, 5) is 27.0. The lowest BCUT2D eigenvalue weighted by atomic mass is 9.89. The molecule has 0 radical (unpaired) electrons. The first-order valence-corrected chi connectivity index (χ1v) is 12.4. The van der Waals surface area contributed by atoms with Gasteiger partial charge in [0, 0.05) is 23.8 Å². The molecular formula is C27H46ClNO3. The van der Waals surface area contributed by atoms with Gasteiger partial charge >= 0.3 is 0 Å².